The average Bonchev–Trinajstić information content (AvgIpc) is 2.47. The van der Waals surface area contributed by atoms with Crippen LogP contribution in [0.25, 0.3) is 0 Å². The van der Waals surface area contributed by atoms with E-state index in [0.29, 0.717) is 22.8 Å². The van der Waals surface area contributed by atoms with Crippen LogP contribution in [0.4, 0.5) is 22.7 Å². The quantitative estimate of drug-likeness (QED) is 0.501. The topological polar surface area (TPSA) is 89.4 Å². The van der Waals surface area contributed by atoms with Gasteiger partial charge in [-0.15, -0.1) is 10.0 Å². The molecule has 0 heterocycles. The van der Waals surface area contributed by atoms with Crippen LogP contribution < -0.4 is 10.5 Å². The van der Waals surface area contributed by atoms with Gasteiger partial charge >= 0.3 is 0 Å². The van der Waals surface area contributed by atoms with Crippen LogP contribution in [-0.4, -0.2) is 7.11 Å². The summed E-state index contributed by atoms with van der Waals surface area (Å²) < 4.78 is 5.16. The van der Waals surface area contributed by atoms with Crippen molar-refractivity contribution in [1.29, 1.82) is 0 Å². The van der Waals surface area contributed by atoms with E-state index in [1.807, 2.05) is 19.9 Å². The number of nitrogens with two attached hydrogens (primary N) is 1. The molecule has 6 heteroatoms. The Labute approximate surface area is 122 Å². The van der Waals surface area contributed by atoms with Crippen LogP contribution in [0.2, 0.25) is 0 Å². The van der Waals surface area contributed by atoms with Gasteiger partial charge in [-0.2, -0.15) is 5.11 Å². The maximum Gasteiger partial charge on any atom is 0.143 e. The Morgan fingerprint density at radius 2 is 1.71 bits per heavy atom. The Bertz CT molecular complexity index is 711. The fourth-order valence-electron chi connectivity index (χ4n) is 1.88. The summed E-state index contributed by atoms with van der Waals surface area (Å²) in [5.74, 6) is 0.534. The van der Waals surface area contributed by atoms with E-state index in [4.69, 9.17) is 10.5 Å². The zero-order chi connectivity index (χ0) is 15.4. The minimum absolute atomic E-state index is 0.263. The first-order chi connectivity index (χ1) is 10.0. The predicted molar refractivity (Wildman–Crippen MR) is 83.0 cm³/mol. The summed E-state index contributed by atoms with van der Waals surface area (Å²) in [6.07, 6.45) is 0. The molecular formula is C15H16N4O2. The van der Waals surface area contributed by atoms with Crippen LogP contribution in [0.15, 0.2) is 45.7 Å². The molecule has 0 saturated heterocycles. The van der Waals surface area contributed by atoms with Crippen molar-refractivity contribution in [3.63, 3.8) is 0 Å². The fraction of sp³-hybridized carbons (Fsp3) is 0.200. The zero-order valence-corrected chi connectivity index (χ0v) is 12.1. The van der Waals surface area contributed by atoms with Gasteiger partial charge in [0.2, 0.25) is 0 Å². The first kappa shape index (κ1) is 14.6. The van der Waals surface area contributed by atoms with Gasteiger partial charge in [-0.1, -0.05) is 6.07 Å². The van der Waals surface area contributed by atoms with Crippen molar-refractivity contribution in [3.8, 4) is 5.75 Å². The van der Waals surface area contributed by atoms with Gasteiger partial charge in [0.15, 0.2) is 0 Å². The smallest absolute Gasteiger partial charge is 0.143 e. The minimum Gasteiger partial charge on any atom is -0.495 e. The number of methoxy groups -OCH3 is 1. The molecule has 0 aromatic heterocycles. The van der Waals surface area contributed by atoms with Crippen LogP contribution in [0, 0.1) is 18.8 Å². The second kappa shape index (κ2) is 6.13. The number of hydrogen-bond acceptors (Lipinski definition) is 6. The van der Waals surface area contributed by atoms with Gasteiger partial charge in [-0.05, 0) is 48.4 Å². The molecule has 2 N–H and O–H groups in total. The van der Waals surface area contributed by atoms with Gasteiger partial charge in [-0.25, -0.2) is 0 Å². The molecular weight excluding hydrogens is 268 g/mol. The second-order valence-electron chi connectivity index (χ2n) is 4.66. The Hall–Kier alpha value is -2.76. The summed E-state index contributed by atoms with van der Waals surface area (Å²) in [4.78, 5) is 10.8. The summed E-state index contributed by atoms with van der Waals surface area (Å²) in [6.45, 7) is 3.75. The summed E-state index contributed by atoms with van der Waals surface area (Å²) in [5.41, 5.74) is 9.47. The van der Waals surface area contributed by atoms with Crippen LogP contribution in [0.1, 0.15) is 11.1 Å². The lowest BCUT2D eigenvalue weighted by Crippen LogP contribution is -1.92. The number of aryl methyl sites for hydroxylation is 2. The number of nitroso groups, excluding NO2 is 1. The summed E-state index contributed by atoms with van der Waals surface area (Å²) in [7, 11) is 1.54. The number of azo groups is 1. The van der Waals surface area contributed by atoms with E-state index in [1.54, 1.807) is 24.3 Å². The molecule has 0 unspecified atom stereocenters. The molecule has 0 fully saturated rings. The van der Waals surface area contributed by atoms with Crippen LogP contribution in [-0.2, 0) is 0 Å². The number of hydrogen-bond donors (Lipinski definition) is 1. The third-order valence-corrected chi connectivity index (χ3v) is 3.04. The molecule has 108 valence electrons. The van der Waals surface area contributed by atoms with Gasteiger partial charge in [0.1, 0.15) is 17.1 Å². The number of nitrogen functional groups attached to an aromatic ring is 1. The molecule has 2 aromatic rings. The van der Waals surface area contributed by atoms with E-state index >= 15 is 0 Å². The summed E-state index contributed by atoms with van der Waals surface area (Å²) in [5, 5.41) is 11.2. The molecule has 0 aliphatic heterocycles. The Morgan fingerprint density at radius 3 is 2.38 bits per heavy atom. The lowest BCUT2D eigenvalue weighted by atomic mass is 10.1. The standard InChI is InChI=1S/C15H16N4O2/c1-9-4-5-12(14(6-9)19-20)17-18-13-8-15(21-3)11(16)7-10(13)2/h4-8H,16H2,1-3H3. The molecule has 0 bridgehead atoms. The first-order valence-corrected chi connectivity index (χ1v) is 6.35. The Kier molecular flexibility index (Phi) is 4.27. The third kappa shape index (κ3) is 3.22. The van der Waals surface area contributed by atoms with E-state index < -0.39 is 0 Å². The monoisotopic (exact) mass is 284 g/mol. The van der Waals surface area contributed by atoms with Gasteiger partial charge in [0, 0.05) is 6.07 Å². The maximum atomic E-state index is 10.8. The van der Waals surface area contributed by atoms with Crippen molar-refractivity contribution >= 4 is 22.7 Å². The Balaban J connectivity index is 2.40. The Morgan fingerprint density at radius 1 is 1.00 bits per heavy atom. The molecule has 2 aromatic carbocycles. The normalized spacial score (nSPS) is 10.8. The number of benzene rings is 2. The zero-order valence-electron chi connectivity index (χ0n) is 12.1. The molecule has 0 saturated carbocycles. The van der Waals surface area contributed by atoms with Gasteiger partial charge < -0.3 is 10.5 Å². The highest BCUT2D eigenvalue weighted by Gasteiger charge is 2.06. The SMILES string of the molecule is COc1cc(N=Nc2ccc(C)cc2N=O)c(C)cc1N. The molecule has 0 radical (unpaired) electrons. The molecule has 0 aliphatic carbocycles. The van der Waals surface area contributed by atoms with Crippen molar-refractivity contribution in [2.24, 2.45) is 15.4 Å². The van der Waals surface area contributed by atoms with Crippen molar-refractivity contribution in [1.82, 2.24) is 0 Å². The second-order valence-corrected chi connectivity index (χ2v) is 4.66. The van der Waals surface area contributed by atoms with Crippen LogP contribution in [0.5, 0.6) is 5.75 Å². The van der Waals surface area contributed by atoms with E-state index in [-0.39, 0.29) is 5.69 Å². The van der Waals surface area contributed by atoms with Gasteiger partial charge in [0.25, 0.3) is 0 Å². The van der Waals surface area contributed by atoms with Crippen molar-refractivity contribution in [3.05, 3.63) is 46.4 Å². The molecule has 0 amide bonds. The van der Waals surface area contributed by atoms with E-state index in [9.17, 15) is 4.91 Å². The number of ether oxygens (including phenoxy) is 1. The number of rotatable bonds is 4. The third-order valence-electron chi connectivity index (χ3n) is 3.04. The van der Waals surface area contributed by atoms with Crippen LogP contribution in [0.3, 0.4) is 0 Å². The van der Waals surface area contributed by atoms with E-state index in [1.165, 1.54) is 7.11 Å². The maximum absolute atomic E-state index is 10.8. The van der Waals surface area contributed by atoms with E-state index in [2.05, 4.69) is 15.4 Å². The summed E-state index contributed by atoms with van der Waals surface area (Å²) in [6, 6.07) is 8.69. The molecule has 0 spiro atoms. The van der Waals surface area contributed by atoms with E-state index in [0.717, 1.165) is 11.1 Å². The number of nitrogens with zero attached hydrogens (tertiary/aromatic N) is 3. The molecule has 21 heavy (non-hydrogen) atoms. The number of anilines is 1. The van der Waals surface area contributed by atoms with Gasteiger partial charge in [0.05, 0.1) is 18.5 Å². The fourth-order valence-corrected chi connectivity index (χ4v) is 1.88. The molecule has 0 atom stereocenters. The minimum atomic E-state index is 0.263. The highest BCUT2D eigenvalue weighted by Crippen LogP contribution is 2.34. The first-order valence-electron chi connectivity index (χ1n) is 6.35. The van der Waals surface area contributed by atoms with Crippen LogP contribution >= 0.6 is 0 Å². The highest BCUT2D eigenvalue weighted by atomic mass is 16.5. The lowest BCUT2D eigenvalue weighted by Gasteiger charge is -2.07. The van der Waals surface area contributed by atoms with Crippen molar-refractivity contribution in [2.45, 2.75) is 13.8 Å². The molecule has 2 rings (SSSR count). The lowest BCUT2D eigenvalue weighted by molar-refractivity contribution is 0.417. The average molecular weight is 284 g/mol. The predicted octanol–water partition coefficient (Wildman–Crippen LogP) is 4.71. The highest BCUT2D eigenvalue weighted by molar-refractivity contribution is 5.65. The van der Waals surface area contributed by atoms with Gasteiger partial charge in [-0.3, -0.25) is 0 Å². The van der Waals surface area contributed by atoms with Crippen molar-refractivity contribution < 1.29 is 4.74 Å². The largest absolute Gasteiger partial charge is 0.495 e. The van der Waals surface area contributed by atoms with Crippen molar-refractivity contribution in [2.75, 3.05) is 12.8 Å². The summed E-state index contributed by atoms with van der Waals surface area (Å²) >= 11 is 0. The molecule has 6 nitrogen and oxygen atoms in total. The molecule has 0 aliphatic rings.